The number of fused-ring (bicyclic) bond motifs is 1. The predicted molar refractivity (Wildman–Crippen MR) is 166 cm³/mol. The monoisotopic (exact) mass is 559 g/mol. The molecule has 0 atom stereocenters. The van der Waals surface area contributed by atoms with Crippen LogP contribution in [-0.2, 0) is 17.8 Å². The summed E-state index contributed by atoms with van der Waals surface area (Å²) in [6.07, 6.45) is 5.94. The largest absolute Gasteiger partial charge is 0.508 e. The number of phenols is 1. The molecule has 0 aliphatic carbocycles. The van der Waals surface area contributed by atoms with Crippen molar-refractivity contribution in [2.45, 2.75) is 59.4 Å². The van der Waals surface area contributed by atoms with Crippen LogP contribution in [0.4, 0.5) is 0 Å². The van der Waals surface area contributed by atoms with Gasteiger partial charge in [-0.2, -0.15) is 0 Å². The van der Waals surface area contributed by atoms with Gasteiger partial charge in [-0.3, -0.25) is 9.69 Å². The van der Waals surface area contributed by atoms with Gasteiger partial charge in [0.25, 0.3) is 0 Å². The number of unbranched alkanes of at least 4 members (excludes halogenated alkanes) is 1. The number of likely N-dealkylation sites (tertiary alicyclic amines) is 1. The summed E-state index contributed by atoms with van der Waals surface area (Å²) in [5, 5.41) is 11.2. The van der Waals surface area contributed by atoms with Gasteiger partial charge in [-0.05, 0) is 110 Å². The summed E-state index contributed by atoms with van der Waals surface area (Å²) in [4.78, 5) is 14.9. The van der Waals surface area contributed by atoms with Gasteiger partial charge >= 0.3 is 0 Å². The van der Waals surface area contributed by atoms with E-state index in [-0.39, 0.29) is 18.1 Å². The lowest BCUT2D eigenvalue weighted by Crippen LogP contribution is -2.18. The lowest BCUT2D eigenvalue weighted by Gasteiger charge is -2.18. The third-order valence-corrected chi connectivity index (χ3v) is 8.40. The first-order valence-electron chi connectivity index (χ1n) is 14.3. The van der Waals surface area contributed by atoms with E-state index in [4.69, 9.17) is 9.47 Å². The highest BCUT2D eigenvalue weighted by molar-refractivity contribution is 7.22. The van der Waals surface area contributed by atoms with Crippen molar-refractivity contribution in [3.8, 4) is 27.7 Å². The van der Waals surface area contributed by atoms with Crippen molar-refractivity contribution in [2.75, 3.05) is 26.8 Å². The fourth-order valence-corrected chi connectivity index (χ4v) is 6.11. The molecule has 1 aliphatic heterocycles. The van der Waals surface area contributed by atoms with E-state index in [1.807, 2.05) is 36.4 Å². The molecule has 0 radical (unpaired) electrons. The number of rotatable bonds is 10. The van der Waals surface area contributed by atoms with Crippen molar-refractivity contribution >= 4 is 27.2 Å². The molecule has 40 heavy (non-hydrogen) atoms. The van der Waals surface area contributed by atoms with E-state index in [1.165, 1.54) is 49.3 Å². The van der Waals surface area contributed by atoms with Crippen LogP contribution in [0.5, 0.6) is 17.2 Å². The highest BCUT2D eigenvalue weighted by Gasteiger charge is 2.18. The van der Waals surface area contributed by atoms with E-state index in [1.54, 1.807) is 24.5 Å². The Morgan fingerprint density at radius 2 is 1.70 bits per heavy atom. The molecule has 1 aliphatic rings. The quantitative estimate of drug-likeness (QED) is 0.212. The van der Waals surface area contributed by atoms with Crippen molar-refractivity contribution in [2.24, 2.45) is 0 Å². The number of nitrogens with zero attached hydrogens (tertiary/aromatic N) is 1. The molecule has 0 unspecified atom stereocenters. The second-order valence-electron chi connectivity index (χ2n) is 10.4. The number of hydrogen-bond acceptors (Lipinski definition) is 6. The average Bonchev–Trinajstić information content (AvgIpc) is 3.60. The number of benzene rings is 3. The Hall–Kier alpha value is -3.35. The molecule has 2 heterocycles. The molecule has 5 nitrogen and oxygen atoms in total. The van der Waals surface area contributed by atoms with Crippen molar-refractivity contribution in [1.29, 1.82) is 0 Å². The topological polar surface area (TPSA) is 59.0 Å². The molecule has 5 rings (SSSR count). The number of carbonyl (C=O) groups excluding carboxylic acids is 1. The van der Waals surface area contributed by atoms with Crippen LogP contribution in [0.15, 0.2) is 60.7 Å². The van der Waals surface area contributed by atoms with Gasteiger partial charge in [0, 0.05) is 21.7 Å². The van der Waals surface area contributed by atoms with Gasteiger partial charge in [-0.1, -0.05) is 38.8 Å². The second kappa shape index (κ2) is 14.3. The Kier molecular flexibility index (Phi) is 10.6. The van der Waals surface area contributed by atoms with Crippen molar-refractivity contribution in [3.63, 3.8) is 0 Å². The fourth-order valence-electron chi connectivity index (χ4n) is 4.85. The summed E-state index contributed by atoms with van der Waals surface area (Å²) in [5.41, 5.74) is 4.72. The highest BCUT2D eigenvalue weighted by atomic mass is 32.1. The van der Waals surface area contributed by atoms with E-state index in [9.17, 15) is 9.90 Å². The summed E-state index contributed by atoms with van der Waals surface area (Å²) in [6, 6.07) is 20.0. The van der Waals surface area contributed by atoms with Crippen LogP contribution in [0.25, 0.3) is 20.5 Å². The van der Waals surface area contributed by atoms with E-state index < -0.39 is 0 Å². The van der Waals surface area contributed by atoms with E-state index in [2.05, 4.69) is 36.9 Å². The van der Waals surface area contributed by atoms with Crippen LogP contribution in [0.2, 0.25) is 0 Å². The van der Waals surface area contributed by atoms with Crippen molar-refractivity contribution in [3.05, 3.63) is 77.4 Å². The lowest BCUT2D eigenvalue weighted by molar-refractivity contribution is -0.118. The maximum Gasteiger partial charge on any atom is 0.167 e. The summed E-state index contributed by atoms with van der Waals surface area (Å²) in [7, 11) is 1.75. The fraction of sp³-hybridized carbons (Fsp3) is 0.382. The standard InChI is InChI=1S/C30H31NO4S.C4H10/c1-20(32)19-35-25-10-7-22(8-11-25)30-27(26-12-9-24(33)17-29(26)36-30)15-21-5-6-23(28(16-21)34-2)18-31-13-3-4-14-31;1-3-4-2/h5-12,16-17,33H,3-4,13-15,18-19H2,1-2H3;3-4H2,1-2H3. The lowest BCUT2D eigenvalue weighted by atomic mass is 9.97. The van der Waals surface area contributed by atoms with Crippen LogP contribution < -0.4 is 9.47 Å². The third-order valence-electron chi connectivity index (χ3n) is 7.16. The minimum Gasteiger partial charge on any atom is -0.508 e. The second-order valence-corrected chi connectivity index (χ2v) is 11.5. The van der Waals surface area contributed by atoms with Gasteiger partial charge in [0.1, 0.15) is 23.9 Å². The van der Waals surface area contributed by atoms with Gasteiger partial charge in [0.05, 0.1) is 7.11 Å². The zero-order valence-electron chi connectivity index (χ0n) is 24.2. The zero-order valence-corrected chi connectivity index (χ0v) is 25.0. The molecule has 1 N–H and O–H groups in total. The number of phenolic OH excluding ortho intramolecular Hbond substituents is 1. The molecule has 1 aromatic heterocycles. The number of ether oxygens (including phenoxy) is 2. The third kappa shape index (κ3) is 7.64. The van der Waals surface area contributed by atoms with Gasteiger partial charge in [0.15, 0.2) is 5.78 Å². The molecular formula is C34H41NO4S. The first kappa shape index (κ1) is 29.6. The Morgan fingerprint density at radius 3 is 2.35 bits per heavy atom. The molecule has 1 fully saturated rings. The Labute approximate surface area is 242 Å². The number of carbonyl (C=O) groups is 1. The average molecular weight is 560 g/mol. The molecular weight excluding hydrogens is 518 g/mol. The molecule has 0 saturated carbocycles. The maximum atomic E-state index is 11.2. The summed E-state index contributed by atoms with van der Waals surface area (Å²) in [6.45, 7) is 9.18. The van der Waals surface area contributed by atoms with Gasteiger partial charge in [-0.25, -0.2) is 0 Å². The highest BCUT2D eigenvalue weighted by Crippen LogP contribution is 2.42. The number of aromatic hydroxyl groups is 1. The number of Topliss-reactive ketones (excluding diaryl/α,β-unsaturated/α-hetero) is 1. The number of ketones is 1. The van der Waals surface area contributed by atoms with Gasteiger partial charge in [-0.15, -0.1) is 11.3 Å². The summed E-state index contributed by atoms with van der Waals surface area (Å²) in [5.74, 6) is 1.87. The number of thiophene rings is 1. The molecule has 6 heteroatoms. The minimum atomic E-state index is -0.00690. The van der Waals surface area contributed by atoms with Crippen LogP contribution in [0.1, 0.15) is 63.1 Å². The molecule has 0 bridgehead atoms. The van der Waals surface area contributed by atoms with Crippen LogP contribution in [-0.4, -0.2) is 42.6 Å². The first-order valence-corrected chi connectivity index (χ1v) is 15.1. The van der Waals surface area contributed by atoms with Crippen LogP contribution in [0, 0.1) is 0 Å². The van der Waals surface area contributed by atoms with Gasteiger partial charge < -0.3 is 14.6 Å². The van der Waals surface area contributed by atoms with Crippen molar-refractivity contribution < 1.29 is 19.4 Å². The van der Waals surface area contributed by atoms with E-state index >= 15 is 0 Å². The molecule has 0 amide bonds. The molecule has 212 valence electrons. The Balaban J connectivity index is 0.000000867. The normalized spacial score (nSPS) is 13.2. The van der Waals surface area contributed by atoms with E-state index in [0.29, 0.717) is 5.75 Å². The summed E-state index contributed by atoms with van der Waals surface area (Å²) < 4.78 is 12.4. The number of methoxy groups -OCH3 is 1. The summed E-state index contributed by atoms with van der Waals surface area (Å²) >= 11 is 1.68. The SMILES string of the molecule is CCCC.COc1cc(Cc2c(-c3ccc(OCC(C)=O)cc3)sc3cc(O)ccc23)ccc1CN1CCCC1. The maximum absolute atomic E-state index is 11.2. The Bertz CT molecular complexity index is 1400. The van der Waals surface area contributed by atoms with Crippen LogP contribution >= 0.6 is 11.3 Å². The number of hydrogen-bond donors (Lipinski definition) is 1. The van der Waals surface area contributed by atoms with Gasteiger partial charge in [0.2, 0.25) is 0 Å². The van der Waals surface area contributed by atoms with Crippen LogP contribution in [0.3, 0.4) is 0 Å². The zero-order chi connectivity index (χ0) is 28.5. The van der Waals surface area contributed by atoms with Crippen molar-refractivity contribution in [1.82, 2.24) is 4.90 Å². The predicted octanol–water partition coefficient (Wildman–Crippen LogP) is 8.24. The van der Waals surface area contributed by atoms with E-state index in [0.717, 1.165) is 52.3 Å². The molecule has 1 saturated heterocycles. The minimum absolute atomic E-state index is 0.00690. The molecule has 3 aromatic carbocycles. The molecule has 4 aromatic rings. The molecule has 0 spiro atoms. The first-order chi connectivity index (χ1) is 19.4. The Morgan fingerprint density at radius 1 is 0.975 bits per heavy atom. The smallest absolute Gasteiger partial charge is 0.167 e.